The quantitative estimate of drug-likeness (QED) is 0.628. The van der Waals surface area contributed by atoms with Gasteiger partial charge >= 0.3 is 5.69 Å². The highest BCUT2D eigenvalue weighted by Crippen LogP contribution is 2.35. The molecule has 0 heterocycles. The Morgan fingerprint density at radius 3 is 2.40 bits per heavy atom. The zero-order valence-corrected chi connectivity index (χ0v) is 12.0. The lowest BCUT2D eigenvalue weighted by Gasteiger charge is -2.14. The van der Waals surface area contributed by atoms with E-state index in [9.17, 15) is 10.1 Å². The molecule has 0 aliphatic heterocycles. The van der Waals surface area contributed by atoms with Crippen LogP contribution in [0, 0.1) is 10.1 Å². The molecule has 0 aliphatic rings. The molecule has 0 saturated heterocycles. The van der Waals surface area contributed by atoms with E-state index in [0.717, 1.165) is 11.3 Å². The van der Waals surface area contributed by atoms with Crippen molar-refractivity contribution in [3.63, 3.8) is 0 Å². The van der Waals surface area contributed by atoms with Crippen molar-refractivity contribution in [3.05, 3.63) is 63.2 Å². The van der Waals surface area contributed by atoms with Crippen molar-refractivity contribution in [1.82, 2.24) is 0 Å². The van der Waals surface area contributed by atoms with Crippen LogP contribution in [0.5, 0.6) is 0 Å². The van der Waals surface area contributed by atoms with Crippen LogP contribution in [0.1, 0.15) is 25.3 Å². The summed E-state index contributed by atoms with van der Waals surface area (Å²) in [6.07, 6.45) is 0. The molecular formula is C15H15ClN2O2. The van der Waals surface area contributed by atoms with Gasteiger partial charge in [-0.3, -0.25) is 10.1 Å². The Morgan fingerprint density at radius 2 is 1.75 bits per heavy atom. The van der Waals surface area contributed by atoms with E-state index in [4.69, 9.17) is 11.6 Å². The van der Waals surface area contributed by atoms with E-state index in [-0.39, 0.29) is 10.7 Å². The third-order valence-corrected chi connectivity index (χ3v) is 3.33. The van der Waals surface area contributed by atoms with E-state index in [0.29, 0.717) is 11.6 Å². The van der Waals surface area contributed by atoms with Crippen LogP contribution in [-0.2, 0) is 0 Å². The Labute approximate surface area is 122 Å². The average Bonchev–Trinajstić information content (AvgIpc) is 2.38. The molecule has 1 N–H and O–H groups in total. The molecule has 0 radical (unpaired) electrons. The van der Waals surface area contributed by atoms with Crippen LogP contribution >= 0.6 is 11.6 Å². The maximum atomic E-state index is 11.1. The van der Waals surface area contributed by atoms with E-state index < -0.39 is 4.92 Å². The monoisotopic (exact) mass is 290 g/mol. The zero-order chi connectivity index (χ0) is 14.7. The predicted octanol–water partition coefficient (Wildman–Crippen LogP) is 5.12. The van der Waals surface area contributed by atoms with Crippen LogP contribution in [0.15, 0.2) is 42.5 Å². The molecule has 5 heteroatoms. The molecule has 2 aromatic rings. The van der Waals surface area contributed by atoms with Gasteiger partial charge in [-0.15, -0.1) is 0 Å². The maximum absolute atomic E-state index is 11.1. The fourth-order valence-corrected chi connectivity index (χ4v) is 2.30. The third kappa shape index (κ3) is 2.91. The van der Waals surface area contributed by atoms with Crippen molar-refractivity contribution in [1.29, 1.82) is 0 Å². The number of anilines is 2. The molecule has 0 saturated carbocycles. The summed E-state index contributed by atoms with van der Waals surface area (Å²) in [5, 5.41) is 14.4. The highest BCUT2D eigenvalue weighted by Gasteiger charge is 2.19. The van der Waals surface area contributed by atoms with Crippen molar-refractivity contribution >= 4 is 28.7 Å². The number of hydrogen-bond donors (Lipinski definition) is 1. The normalized spacial score (nSPS) is 10.6. The van der Waals surface area contributed by atoms with Gasteiger partial charge in [0.2, 0.25) is 0 Å². The summed E-state index contributed by atoms with van der Waals surface area (Å²) in [6.45, 7) is 4.15. The number of benzene rings is 2. The van der Waals surface area contributed by atoms with E-state index in [1.165, 1.54) is 6.07 Å². The van der Waals surface area contributed by atoms with Crippen molar-refractivity contribution in [2.24, 2.45) is 0 Å². The van der Waals surface area contributed by atoms with Gasteiger partial charge in [-0.05, 0) is 29.7 Å². The van der Waals surface area contributed by atoms with Gasteiger partial charge in [0.05, 0.1) is 4.92 Å². The van der Waals surface area contributed by atoms with Gasteiger partial charge in [-0.25, -0.2) is 0 Å². The van der Waals surface area contributed by atoms with Gasteiger partial charge < -0.3 is 5.32 Å². The van der Waals surface area contributed by atoms with Crippen LogP contribution in [0.2, 0.25) is 5.02 Å². The summed E-state index contributed by atoms with van der Waals surface area (Å²) in [5.74, 6) is 0.317. The molecule has 0 aromatic heterocycles. The molecule has 0 fully saturated rings. The summed E-state index contributed by atoms with van der Waals surface area (Å²) in [6, 6.07) is 12.6. The number of halogens is 1. The summed E-state index contributed by atoms with van der Waals surface area (Å²) >= 11 is 5.91. The molecule has 2 aromatic carbocycles. The van der Waals surface area contributed by atoms with Gasteiger partial charge in [0, 0.05) is 5.69 Å². The molecule has 0 unspecified atom stereocenters. The second-order valence-electron chi connectivity index (χ2n) is 4.76. The lowest BCUT2D eigenvalue weighted by Crippen LogP contribution is -2.01. The highest BCUT2D eigenvalue weighted by molar-refractivity contribution is 6.33. The Kier molecular flexibility index (Phi) is 4.25. The largest absolute Gasteiger partial charge is 0.350 e. The molecule has 0 aliphatic carbocycles. The Hall–Kier alpha value is -2.07. The average molecular weight is 291 g/mol. The zero-order valence-electron chi connectivity index (χ0n) is 11.3. The van der Waals surface area contributed by atoms with Gasteiger partial charge in [0.15, 0.2) is 0 Å². The number of nitro groups is 1. The van der Waals surface area contributed by atoms with Gasteiger partial charge in [-0.1, -0.05) is 49.7 Å². The smallest absolute Gasteiger partial charge is 0.311 e. The molecule has 2 rings (SSSR count). The summed E-state index contributed by atoms with van der Waals surface area (Å²) in [5.41, 5.74) is 2.25. The number of hydrogen-bond acceptors (Lipinski definition) is 3. The molecule has 0 atom stereocenters. The van der Waals surface area contributed by atoms with Crippen molar-refractivity contribution in [2.45, 2.75) is 19.8 Å². The molecule has 0 amide bonds. The van der Waals surface area contributed by atoms with E-state index in [1.807, 2.05) is 24.3 Å². The number of rotatable bonds is 4. The second-order valence-corrected chi connectivity index (χ2v) is 5.17. The second kappa shape index (κ2) is 5.92. The fraction of sp³-hybridized carbons (Fsp3) is 0.200. The summed E-state index contributed by atoms with van der Waals surface area (Å²) in [4.78, 5) is 10.7. The van der Waals surface area contributed by atoms with Crippen LogP contribution in [0.4, 0.5) is 17.1 Å². The first-order chi connectivity index (χ1) is 9.50. The number of nitro benzene ring substituents is 1. The SMILES string of the molecule is CC(C)c1ccccc1Nc1cccc(Cl)c1[N+](=O)[O-]. The van der Waals surface area contributed by atoms with Gasteiger partial charge in [0.25, 0.3) is 0 Å². The van der Waals surface area contributed by atoms with Crippen LogP contribution in [0.25, 0.3) is 0 Å². The molecule has 0 spiro atoms. The van der Waals surface area contributed by atoms with Crippen molar-refractivity contribution in [2.75, 3.05) is 5.32 Å². The number of para-hydroxylation sites is 2. The number of nitrogens with zero attached hydrogens (tertiary/aromatic N) is 1. The first-order valence-electron chi connectivity index (χ1n) is 6.29. The standard InChI is InChI=1S/C15H15ClN2O2/c1-10(2)11-6-3-4-8-13(11)17-14-9-5-7-12(16)15(14)18(19)20/h3-10,17H,1-2H3. The minimum atomic E-state index is -0.470. The Morgan fingerprint density at radius 1 is 1.10 bits per heavy atom. The Balaban J connectivity index is 2.46. The minimum absolute atomic E-state index is 0.104. The van der Waals surface area contributed by atoms with Crippen molar-refractivity contribution < 1.29 is 4.92 Å². The first kappa shape index (κ1) is 14.3. The highest BCUT2D eigenvalue weighted by atomic mass is 35.5. The maximum Gasteiger partial charge on any atom is 0.311 e. The third-order valence-electron chi connectivity index (χ3n) is 3.02. The van der Waals surface area contributed by atoms with Crippen LogP contribution in [0.3, 0.4) is 0 Å². The van der Waals surface area contributed by atoms with E-state index >= 15 is 0 Å². The van der Waals surface area contributed by atoms with E-state index in [2.05, 4.69) is 19.2 Å². The lowest BCUT2D eigenvalue weighted by atomic mass is 10.0. The molecular weight excluding hydrogens is 276 g/mol. The molecule has 4 nitrogen and oxygen atoms in total. The number of nitrogens with one attached hydrogen (secondary N) is 1. The summed E-state index contributed by atoms with van der Waals surface area (Å²) < 4.78 is 0. The molecule has 0 bridgehead atoms. The minimum Gasteiger partial charge on any atom is -0.350 e. The predicted molar refractivity (Wildman–Crippen MR) is 81.9 cm³/mol. The Bertz CT molecular complexity index is 642. The van der Waals surface area contributed by atoms with Gasteiger partial charge in [0.1, 0.15) is 10.7 Å². The van der Waals surface area contributed by atoms with E-state index in [1.54, 1.807) is 12.1 Å². The van der Waals surface area contributed by atoms with Crippen LogP contribution in [-0.4, -0.2) is 4.92 Å². The van der Waals surface area contributed by atoms with Crippen LogP contribution < -0.4 is 5.32 Å². The van der Waals surface area contributed by atoms with Gasteiger partial charge in [-0.2, -0.15) is 0 Å². The summed E-state index contributed by atoms with van der Waals surface area (Å²) in [7, 11) is 0. The lowest BCUT2D eigenvalue weighted by molar-refractivity contribution is -0.383. The van der Waals surface area contributed by atoms with Crippen molar-refractivity contribution in [3.8, 4) is 0 Å². The topological polar surface area (TPSA) is 55.2 Å². The fourth-order valence-electron chi connectivity index (χ4n) is 2.06. The molecule has 20 heavy (non-hydrogen) atoms. The first-order valence-corrected chi connectivity index (χ1v) is 6.67. The molecule has 104 valence electrons.